The zero-order chi connectivity index (χ0) is 15.5. The van der Waals surface area contributed by atoms with Crippen molar-refractivity contribution >= 4 is 23.1 Å². The molecule has 0 saturated heterocycles. The molecule has 1 unspecified atom stereocenters. The van der Waals surface area contributed by atoms with Gasteiger partial charge in [0.15, 0.2) is 4.34 Å². The minimum Gasteiger partial charge on any atom is -0.327 e. The van der Waals surface area contributed by atoms with E-state index in [2.05, 4.69) is 10.2 Å². The van der Waals surface area contributed by atoms with Crippen LogP contribution < -0.4 is 5.73 Å². The van der Waals surface area contributed by atoms with Gasteiger partial charge in [-0.3, -0.25) is 0 Å². The molecule has 0 aliphatic heterocycles. The Balaban J connectivity index is 2.32. The quantitative estimate of drug-likeness (QED) is 0.899. The van der Waals surface area contributed by atoms with Crippen molar-refractivity contribution in [1.29, 1.82) is 0 Å². The second kappa shape index (κ2) is 6.76. The molecular formula is C13H14F3N3S2. The molecule has 2 aromatic rings. The molecule has 21 heavy (non-hydrogen) atoms. The van der Waals surface area contributed by atoms with Crippen LogP contribution in [0.4, 0.5) is 13.2 Å². The average Bonchev–Trinajstić information content (AvgIpc) is 2.92. The van der Waals surface area contributed by atoms with Crippen molar-refractivity contribution in [3.8, 4) is 0 Å². The van der Waals surface area contributed by atoms with E-state index in [1.54, 1.807) is 6.07 Å². The van der Waals surface area contributed by atoms with Crippen LogP contribution in [-0.2, 0) is 12.6 Å². The van der Waals surface area contributed by atoms with Crippen LogP contribution in [0.15, 0.2) is 32.9 Å². The van der Waals surface area contributed by atoms with Gasteiger partial charge in [-0.2, -0.15) is 13.2 Å². The van der Waals surface area contributed by atoms with Crippen LogP contribution in [0.1, 0.15) is 24.5 Å². The molecule has 0 amide bonds. The Labute approximate surface area is 128 Å². The fourth-order valence-electron chi connectivity index (χ4n) is 1.76. The maximum absolute atomic E-state index is 13.2. The molecule has 0 saturated carbocycles. The Bertz CT molecular complexity index is 585. The van der Waals surface area contributed by atoms with Gasteiger partial charge >= 0.3 is 6.18 Å². The van der Waals surface area contributed by atoms with Crippen molar-refractivity contribution in [2.24, 2.45) is 5.73 Å². The summed E-state index contributed by atoms with van der Waals surface area (Å²) in [5.74, 6) is 0. The van der Waals surface area contributed by atoms with Crippen molar-refractivity contribution < 1.29 is 13.2 Å². The third-order valence-electron chi connectivity index (χ3n) is 2.91. The monoisotopic (exact) mass is 333 g/mol. The normalized spacial score (nSPS) is 13.4. The summed E-state index contributed by atoms with van der Waals surface area (Å²) in [6.07, 6.45) is -3.24. The predicted octanol–water partition coefficient (Wildman–Crippen LogP) is 3.99. The Hall–Kier alpha value is -1.12. The first-order chi connectivity index (χ1) is 9.90. The number of halogens is 3. The van der Waals surface area contributed by atoms with E-state index in [-0.39, 0.29) is 10.9 Å². The van der Waals surface area contributed by atoms with E-state index in [0.29, 0.717) is 16.3 Å². The Morgan fingerprint density at radius 1 is 1.38 bits per heavy atom. The molecule has 1 aromatic carbocycles. The van der Waals surface area contributed by atoms with Crippen LogP contribution in [-0.4, -0.2) is 16.2 Å². The van der Waals surface area contributed by atoms with Gasteiger partial charge in [-0.05, 0) is 30.5 Å². The van der Waals surface area contributed by atoms with Gasteiger partial charge in [-0.25, -0.2) is 0 Å². The van der Waals surface area contributed by atoms with E-state index >= 15 is 0 Å². The summed E-state index contributed by atoms with van der Waals surface area (Å²) < 4.78 is 40.1. The van der Waals surface area contributed by atoms with E-state index in [9.17, 15) is 13.2 Å². The number of benzene rings is 1. The highest BCUT2D eigenvalue weighted by atomic mass is 32.2. The van der Waals surface area contributed by atoms with Crippen molar-refractivity contribution in [3.63, 3.8) is 0 Å². The minimum absolute atomic E-state index is 0.132. The lowest BCUT2D eigenvalue weighted by atomic mass is 10.0. The number of nitrogens with two attached hydrogens (primary N) is 1. The SMILES string of the molecule is CCC(N)Cc1ccc(Sc2nncs2)c(C(F)(F)F)c1. The van der Waals surface area contributed by atoms with Crippen LogP contribution in [0, 0.1) is 0 Å². The van der Waals surface area contributed by atoms with Gasteiger partial charge in [0, 0.05) is 10.9 Å². The van der Waals surface area contributed by atoms with Gasteiger partial charge in [0.2, 0.25) is 0 Å². The number of aromatic nitrogens is 2. The summed E-state index contributed by atoms with van der Waals surface area (Å²) in [7, 11) is 0. The molecule has 0 bridgehead atoms. The molecule has 2 N–H and O–H groups in total. The fraction of sp³-hybridized carbons (Fsp3) is 0.385. The molecule has 1 atom stereocenters. The Morgan fingerprint density at radius 2 is 2.14 bits per heavy atom. The maximum atomic E-state index is 13.2. The van der Waals surface area contributed by atoms with Gasteiger partial charge < -0.3 is 5.73 Å². The molecule has 1 aromatic heterocycles. The van der Waals surface area contributed by atoms with Crippen LogP contribution in [0.5, 0.6) is 0 Å². The lowest BCUT2D eigenvalue weighted by molar-refractivity contribution is -0.139. The predicted molar refractivity (Wildman–Crippen MR) is 77.4 cm³/mol. The molecule has 1 heterocycles. The standard InChI is InChI=1S/C13H14F3N3S2/c1-2-9(17)5-8-3-4-11(10(6-8)13(14,15)16)21-12-19-18-7-20-12/h3-4,6-7,9H,2,5,17H2,1H3. The van der Waals surface area contributed by atoms with Crippen molar-refractivity contribution in [2.45, 2.75) is 41.2 Å². The zero-order valence-corrected chi connectivity index (χ0v) is 12.9. The number of alkyl halides is 3. The first-order valence-corrected chi connectivity index (χ1v) is 7.99. The van der Waals surface area contributed by atoms with E-state index < -0.39 is 11.7 Å². The summed E-state index contributed by atoms with van der Waals surface area (Å²) in [4.78, 5) is 0.132. The Kier molecular flexibility index (Phi) is 5.23. The van der Waals surface area contributed by atoms with Crippen LogP contribution in [0.3, 0.4) is 0 Å². The first-order valence-electron chi connectivity index (χ1n) is 6.30. The van der Waals surface area contributed by atoms with E-state index in [1.807, 2.05) is 6.92 Å². The highest BCUT2D eigenvalue weighted by Crippen LogP contribution is 2.40. The van der Waals surface area contributed by atoms with Crippen LogP contribution in [0.25, 0.3) is 0 Å². The highest BCUT2D eigenvalue weighted by Gasteiger charge is 2.34. The van der Waals surface area contributed by atoms with Gasteiger partial charge in [0.05, 0.1) is 5.56 Å². The molecular weight excluding hydrogens is 319 g/mol. The zero-order valence-electron chi connectivity index (χ0n) is 11.2. The summed E-state index contributed by atoms with van der Waals surface area (Å²) >= 11 is 2.18. The molecule has 114 valence electrons. The molecule has 2 rings (SSSR count). The first kappa shape index (κ1) is 16.3. The second-order valence-corrected chi connectivity index (χ2v) is 6.63. The van der Waals surface area contributed by atoms with Crippen molar-refractivity contribution in [3.05, 3.63) is 34.8 Å². The van der Waals surface area contributed by atoms with E-state index in [4.69, 9.17) is 5.73 Å². The van der Waals surface area contributed by atoms with Crippen LogP contribution >= 0.6 is 23.1 Å². The topological polar surface area (TPSA) is 51.8 Å². The largest absolute Gasteiger partial charge is 0.417 e. The summed E-state index contributed by atoms with van der Waals surface area (Å²) in [5, 5.41) is 7.39. The third-order valence-corrected chi connectivity index (χ3v) is 4.76. The number of hydrogen-bond acceptors (Lipinski definition) is 5. The Morgan fingerprint density at radius 3 is 2.71 bits per heavy atom. The number of rotatable bonds is 5. The van der Waals surface area contributed by atoms with E-state index in [0.717, 1.165) is 18.2 Å². The van der Waals surface area contributed by atoms with Crippen molar-refractivity contribution in [1.82, 2.24) is 10.2 Å². The molecule has 0 fully saturated rings. The molecule has 0 spiro atoms. The summed E-state index contributed by atoms with van der Waals surface area (Å²) in [6.45, 7) is 1.91. The van der Waals surface area contributed by atoms with Gasteiger partial charge in [0.25, 0.3) is 0 Å². The molecule has 0 radical (unpaired) electrons. The highest BCUT2D eigenvalue weighted by molar-refractivity contribution is 8.01. The number of nitrogens with zero attached hydrogens (tertiary/aromatic N) is 2. The fourth-order valence-corrected chi connectivity index (χ4v) is 3.33. The van der Waals surface area contributed by atoms with E-state index in [1.165, 1.54) is 29.0 Å². The smallest absolute Gasteiger partial charge is 0.327 e. The van der Waals surface area contributed by atoms with Crippen LogP contribution in [0.2, 0.25) is 0 Å². The molecule has 0 aliphatic rings. The summed E-state index contributed by atoms with van der Waals surface area (Å²) in [6, 6.07) is 4.22. The molecule has 8 heteroatoms. The minimum atomic E-state index is -4.40. The third kappa shape index (κ3) is 4.42. The average molecular weight is 333 g/mol. The molecule has 0 aliphatic carbocycles. The lowest BCUT2D eigenvalue weighted by Crippen LogP contribution is -2.21. The number of hydrogen-bond donors (Lipinski definition) is 1. The summed E-state index contributed by atoms with van der Waals surface area (Å²) in [5.41, 5.74) is 7.25. The lowest BCUT2D eigenvalue weighted by Gasteiger charge is -2.15. The second-order valence-electron chi connectivity index (χ2n) is 4.51. The maximum Gasteiger partial charge on any atom is 0.417 e. The van der Waals surface area contributed by atoms with Gasteiger partial charge in [-0.1, -0.05) is 36.1 Å². The molecule has 3 nitrogen and oxygen atoms in total. The van der Waals surface area contributed by atoms with Gasteiger partial charge in [0.1, 0.15) is 5.51 Å². The van der Waals surface area contributed by atoms with Crippen molar-refractivity contribution in [2.75, 3.05) is 0 Å². The van der Waals surface area contributed by atoms with Gasteiger partial charge in [-0.15, -0.1) is 10.2 Å².